The lowest BCUT2D eigenvalue weighted by atomic mass is 10.2. The first-order valence-corrected chi connectivity index (χ1v) is 6.66. The Morgan fingerprint density at radius 2 is 2.20 bits per heavy atom. The van der Waals surface area contributed by atoms with E-state index in [1.54, 1.807) is 13.2 Å². The van der Waals surface area contributed by atoms with Crippen molar-refractivity contribution < 1.29 is 14.2 Å². The number of benzene rings is 1. The molecular formula is C14H22FN3O2. The van der Waals surface area contributed by atoms with Gasteiger partial charge in [0.05, 0.1) is 6.54 Å². The van der Waals surface area contributed by atoms with Crippen LogP contribution in [0.15, 0.2) is 23.2 Å². The average Bonchev–Trinajstić information content (AvgIpc) is 2.44. The summed E-state index contributed by atoms with van der Waals surface area (Å²) in [6.07, 6.45) is 0.884. The summed E-state index contributed by atoms with van der Waals surface area (Å²) in [4.78, 5) is 4.36. The zero-order valence-corrected chi connectivity index (χ0v) is 11.9. The maximum atomic E-state index is 13.2. The predicted molar refractivity (Wildman–Crippen MR) is 77.4 cm³/mol. The average molecular weight is 283 g/mol. The van der Waals surface area contributed by atoms with Crippen molar-refractivity contribution in [2.75, 3.05) is 26.8 Å². The minimum Gasteiger partial charge on any atom is -0.505 e. The number of halogens is 1. The number of nitrogens with zero attached hydrogens (tertiary/aromatic N) is 1. The largest absolute Gasteiger partial charge is 0.505 e. The minimum absolute atomic E-state index is 0.344. The van der Waals surface area contributed by atoms with Gasteiger partial charge in [0, 0.05) is 26.8 Å². The van der Waals surface area contributed by atoms with Crippen LogP contribution in [-0.4, -0.2) is 37.9 Å². The second-order valence-corrected chi connectivity index (χ2v) is 4.25. The van der Waals surface area contributed by atoms with Crippen LogP contribution in [0.4, 0.5) is 4.39 Å². The highest BCUT2D eigenvalue weighted by atomic mass is 19.1. The number of methoxy groups -OCH3 is 1. The van der Waals surface area contributed by atoms with E-state index in [4.69, 9.17) is 9.84 Å². The molecule has 1 rings (SSSR count). The van der Waals surface area contributed by atoms with Crippen molar-refractivity contribution in [3.05, 3.63) is 29.6 Å². The van der Waals surface area contributed by atoms with E-state index in [0.29, 0.717) is 24.7 Å². The van der Waals surface area contributed by atoms with Gasteiger partial charge in [0.15, 0.2) is 17.5 Å². The molecule has 6 heteroatoms. The fraction of sp³-hybridized carbons (Fsp3) is 0.500. The Morgan fingerprint density at radius 3 is 2.85 bits per heavy atom. The van der Waals surface area contributed by atoms with Crippen LogP contribution in [-0.2, 0) is 11.3 Å². The standard InChI is InChI=1S/C14H22FN3O2/c1-3-16-14(17-7-4-8-20-2)18-10-11-5-6-13(19)12(15)9-11/h5-6,9,19H,3-4,7-8,10H2,1-2H3,(H2,16,17,18). The fourth-order valence-electron chi connectivity index (χ4n) is 1.58. The van der Waals surface area contributed by atoms with E-state index in [-0.39, 0.29) is 5.75 Å². The number of nitrogens with one attached hydrogen (secondary N) is 2. The number of hydrogen-bond donors (Lipinski definition) is 3. The van der Waals surface area contributed by atoms with Crippen molar-refractivity contribution in [3.8, 4) is 5.75 Å². The van der Waals surface area contributed by atoms with Crippen LogP contribution < -0.4 is 10.6 Å². The van der Waals surface area contributed by atoms with E-state index < -0.39 is 5.82 Å². The van der Waals surface area contributed by atoms with Gasteiger partial charge in [-0.1, -0.05) is 6.07 Å². The van der Waals surface area contributed by atoms with Crippen LogP contribution in [0.3, 0.4) is 0 Å². The van der Waals surface area contributed by atoms with Crippen molar-refractivity contribution in [1.82, 2.24) is 10.6 Å². The molecule has 0 saturated carbocycles. The van der Waals surface area contributed by atoms with Crippen LogP contribution in [0.25, 0.3) is 0 Å². The highest BCUT2D eigenvalue weighted by Crippen LogP contribution is 2.16. The smallest absolute Gasteiger partial charge is 0.191 e. The third kappa shape index (κ3) is 5.88. The van der Waals surface area contributed by atoms with Crippen LogP contribution in [0.1, 0.15) is 18.9 Å². The molecule has 5 nitrogen and oxygen atoms in total. The maximum absolute atomic E-state index is 13.2. The molecule has 0 spiro atoms. The van der Waals surface area contributed by atoms with Crippen molar-refractivity contribution in [1.29, 1.82) is 0 Å². The summed E-state index contributed by atoms with van der Waals surface area (Å²) in [6.45, 7) is 4.52. The second kappa shape index (κ2) is 9.14. The van der Waals surface area contributed by atoms with Gasteiger partial charge >= 0.3 is 0 Å². The number of phenolic OH excluding ortho intramolecular Hbond substituents is 1. The number of guanidine groups is 1. The quantitative estimate of drug-likeness (QED) is 0.404. The van der Waals surface area contributed by atoms with Gasteiger partial charge in [0.25, 0.3) is 0 Å². The normalized spacial score (nSPS) is 11.4. The summed E-state index contributed by atoms with van der Waals surface area (Å²) >= 11 is 0. The number of hydrogen-bond acceptors (Lipinski definition) is 3. The number of aliphatic imine (C=N–C) groups is 1. The second-order valence-electron chi connectivity index (χ2n) is 4.25. The molecule has 0 aliphatic carbocycles. The van der Waals surface area contributed by atoms with Crippen molar-refractivity contribution in [2.24, 2.45) is 4.99 Å². The van der Waals surface area contributed by atoms with E-state index in [1.807, 2.05) is 6.92 Å². The molecule has 0 heterocycles. The first kappa shape index (κ1) is 16.2. The highest BCUT2D eigenvalue weighted by molar-refractivity contribution is 5.79. The van der Waals surface area contributed by atoms with Gasteiger partial charge in [-0.05, 0) is 31.0 Å². The Hall–Kier alpha value is -1.82. The summed E-state index contributed by atoms with van der Waals surface area (Å²) in [5.74, 6) is -0.296. The van der Waals surface area contributed by atoms with Gasteiger partial charge in [0.2, 0.25) is 0 Å². The van der Waals surface area contributed by atoms with E-state index in [9.17, 15) is 4.39 Å². The Bertz CT molecular complexity index is 438. The lowest BCUT2D eigenvalue weighted by molar-refractivity contribution is 0.195. The zero-order chi connectivity index (χ0) is 14.8. The monoisotopic (exact) mass is 283 g/mol. The summed E-state index contributed by atoms with van der Waals surface area (Å²) in [5.41, 5.74) is 0.703. The topological polar surface area (TPSA) is 65.9 Å². The molecular weight excluding hydrogens is 261 g/mol. The third-order valence-electron chi connectivity index (χ3n) is 2.59. The molecule has 1 aromatic carbocycles. The first-order valence-electron chi connectivity index (χ1n) is 6.66. The molecule has 0 aliphatic heterocycles. The number of phenols is 1. The van der Waals surface area contributed by atoms with Gasteiger partial charge < -0.3 is 20.5 Å². The van der Waals surface area contributed by atoms with Crippen LogP contribution >= 0.6 is 0 Å². The number of ether oxygens (including phenoxy) is 1. The molecule has 20 heavy (non-hydrogen) atoms. The van der Waals surface area contributed by atoms with E-state index in [0.717, 1.165) is 19.5 Å². The molecule has 0 radical (unpaired) electrons. The van der Waals surface area contributed by atoms with Gasteiger partial charge in [-0.2, -0.15) is 0 Å². The van der Waals surface area contributed by atoms with Gasteiger partial charge in [-0.3, -0.25) is 0 Å². The highest BCUT2D eigenvalue weighted by Gasteiger charge is 2.02. The summed E-state index contributed by atoms with van der Waals surface area (Å²) < 4.78 is 18.2. The summed E-state index contributed by atoms with van der Waals surface area (Å²) in [7, 11) is 1.67. The number of rotatable bonds is 7. The first-order chi connectivity index (χ1) is 9.67. The molecule has 0 bridgehead atoms. The Balaban J connectivity index is 2.54. The Kier molecular flexibility index (Phi) is 7.42. The SMILES string of the molecule is CCNC(=NCc1ccc(O)c(F)c1)NCCCOC. The van der Waals surface area contributed by atoms with Crippen LogP contribution in [0, 0.1) is 5.82 Å². The van der Waals surface area contributed by atoms with Crippen molar-refractivity contribution in [3.63, 3.8) is 0 Å². The van der Waals surface area contributed by atoms with Gasteiger partial charge in [-0.15, -0.1) is 0 Å². The molecule has 0 amide bonds. The van der Waals surface area contributed by atoms with E-state index >= 15 is 0 Å². The molecule has 0 aromatic heterocycles. The molecule has 3 N–H and O–H groups in total. The van der Waals surface area contributed by atoms with Crippen molar-refractivity contribution in [2.45, 2.75) is 19.9 Å². The fourth-order valence-corrected chi connectivity index (χ4v) is 1.58. The zero-order valence-electron chi connectivity index (χ0n) is 11.9. The predicted octanol–water partition coefficient (Wildman–Crippen LogP) is 1.62. The molecule has 112 valence electrons. The molecule has 0 unspecified atom stereocenters. The minimum atomic E-state index is -0.629. The van der Waals surface area contributed by atoms with Crippen molar-refractivity contribution >= 4 is 5.96 Å². The lowest BCUT2D eigenvalue weighted by Crippen LogP contribution is -2.38. The van der Waals surface area contributed by atoms with Gasteiger partial charge in [0.1, 0.15) is 0 Å². The Morgan fingerprint density at radius 1 is 1.40 bits per heavy atom. The molecule has 0 aliphatic rings. The maximum Gasteiger partial charge on any atom is 0.191 e. The number of aromatic hydroxyl groups is 1. The summed E-state index contributed by atoms with van der Waals surface area (Å²) in [5, 5.41) is 15.4. The van der Waals surface area contributed by atoms with Gasteiger partial charge in [-0.25, -0.2) is 9.38 Å². The molecule has 0 saturated heterocycles. The summed E-state index contributed by atoms with van der Waals surface area (Å²) in [6, 6.07) is 4.27. The van der Waals surface area contributed by atoms with E-state index in [2.05, 4.69) is 15.6 Å². The molecule has 0 fully saturated rings. The molecule has 1 aromatic rings. The van der Waals surface area contributed by atoms with Crippen LogP contribution in [0.2, 0.25) is 0 Å². The molecule has 0 atom stereocenters. The lowest BCUT2D eigenvalue weighted by Gasteiger charge is -2.11. The Labute approximate surface area is 118 Å². The van der Waals surface area contributed by atoms with E-state index in [1.165, 1.54) is 12.1 Å². The third-order valence-corrected chi connectivity index (χ3v) is 2.59. The van der Waals surface area contributed by atoms with Crippen LogP contribution in [0.5, 0.6) is 5.75 Å².